The first-order valence-corrected chi connectivity index (χ1v) is 5.03. The van der Waals surface area contributed by atoms with E-state index in [1.807, 2.05) is 0 Å². The van der Waals surface area contributed by atoms with Crippen molar-refractivity contribution in [1.82, 2.24) is 0 Å². The lowest BCUT2D eigenvalue weighted by Gasteiger charge is -2.22. The molecule has 0 aromatic heterocycles. The second-order valence-corrected chi connectivity index (χ2v) is 3.45. The molecule has 0 saturated heterocycles. The second kappa shape index (κ2) is 6.08. The quantitative estimate of drug-likeness (QED) is 0.617. The first-order valence-electron chi connectivity index (χ1n) is 5.03. The number of hydrogen-bond acceptors (Lipinski definition) is 7. The van der Waals surface area contributed by atoms with Gasteiger partial charge in [0.1, 0.15) is 9.85 Å². The molecule has 0 bridgehead atoms. The van der Waals surface area contributed by atoms with Gasteiger partial charge in [0.15, 0.2) is 0 Å². The van der Waals surface area contributed by atoms with E-state index >= 15 is 0 Å². The van der Waals surface area contributed by atoms with E-state index in [0.29, 0.717) is 5.69 Å². The van der Waals surface area contributed by atoms with Crippen molar-refractivity contribution in [2.45, 2.75) is 6.92 Å². The van der Waals surface area contributed by atoms with Crippen molar-refractivity contribution in [3.8, 4) is 0 Å². The summed E-state index contributed by atoms with van der Waals surface area (Å²) in [5, 5.41) is 31.3. The highest BCUT2D eigenvalue weighted by Crippen LogP contribution is 2.19. The molecular formula is C9H8N5O6-. The maximum absolute atomic E-state index is 10.5. The van der Waals surface area contributed by atoms with Gasteiger partial charge >= 0.3 is 5.82 Å². The fourth-order valence-electron chi connectivity index (χ4n) is 1.19. The smallest absolute Gasteiger partial charge is 0.540 e. The van der Waals surface area contributed by atoms with E-state index < -0.39 is 26.3 Å². The van der Waals surface area contributed by atoms with Crippen LogP contribution in [0.1, 0.15) is 6.92 Å². The molecule has 11 heteroatoms. The number of nitrogens with one attached hydrogen (secondary N) is 1. The zero-order valence-corrected chi connectivity index (χ0v) is 10.0. The van der Waals surface area contributed by atoms with Gasteiger partial charge in [-0.15, -0.1) is 0 Å². The Morgan fingerprint density at radius 2 is 1.55 bits per heavy atom. The predicted molar refractivity (Wildman–Crippen MR) is 66.8 cm³/mol. The van der Waals surface area contributed by atoms with Gasteiger partial charge in [-0.3, -0.25) is 30.3 Å². The average Bonchev–Trinajstić information content (AvgIpc) is 2.36. The van der Waals surface area contributed by atoms with E-state index in [0.717, 1.165) is 6.92 Å². The third-order valence-corrected chi connectivity index (χ3v) is 2.10. The van der Waals surface area contributed by atoms with Crippen LogP contribution < -0.4 is 5.43 Å². The van der Waals surface area contributed by atoms with E-state index in [1.165, 1.54) is 24.3 Å². The zero-order valence-electron chi connectivity index (χ0n) is 10.0. The minimum absolute atomic E-state index is 0.140. The summed E-state index contributed by atoms with van der Waals surface area (Å²) in [4.78, 5) is 28.4. The number of nitro groups is 3. The van der Waals surface area contributed by atoms with E-state index in [4.69, 9.17) is 0 Å². The highest BCUT2D eigenvalue weighted by molar-refractivity contribution is 5.51. The molecule has 0 aliphatic carbocycles. The van der Waals surface area contributed by atoms with Crippen LogP contribution in [-0.4, -0.2) is 14.8 Å². The van der Waals surface area contributed by atoms with Crippen LogP contribution in [0, 0.1) is 30.3 Å². The summed E-state index contributed by atoms with van der Waals surface area (Å²) in [6.07, 6.45) is 0. The van der Waals surface area contributed by atoms with Crippen LogP contribution in [0.4, 0.5) is 11.4 Å². The number of non-ortho nitro benzene ring substituents is 1. The SMILES string of the molecule is CC([N-]Nc1ccc([N+](=O)[O-])cc1)=C([N+](=O)[O-])[N+](=O)[O-]. The zero-order chi connectivity index (χ0) is 15.3. The van der Waals surface area contributed by atoms with Gasteiger partial charge in [-0.2, -0.15) is 0 Å². The van der Waals surface area contributed by atoms with Crippen LogP contribution in [0.25, 0.3) is 5.43 Å². The molecule has 0 fully saturated rings. The summed E-state index contributed by atoms with van der Waals surface area (Å²) in [7, 11) is 0. The van der Waals surface area contributed by atoms with Crippen molar-refractivity contribution in [1.29, 1.82) is 0 Å². The number of rotatable bonds is 6. The fourth-order valence-corrected chi connectivity index (χ4v) is 1.19. The summed E-state index contributed by atoms with van der Waals surface area (Å²) in [5.74, 6) is -1.25. The first-order chi connectivity index (χ1) is 9.32. The van der Waals surface area contributed by atoms with Crippen molar-refractivity contribution in [3.63, 3.8) is 0 Å². The molecule has 1 aromatic rings. The highest BCUT2D eigenvalue weighted by atomic mass is 16.7. The molecule has 20 heavy (non-hydrogen) atoms. The predicted octanol–water partition coefficient (Wildman–Crippen LogP) is 2.04. The maximum atomic E-state index is 10.5. The summed E-state index contributed by atoms with van der Waals surface area (Å²) in [6, 6.07) is 5.01. The van der Waals surface area contributed by atoms with Gasteiger partial charge in [0.05, 0.1) is 4.92 Å². The molecule has 0 unspecified atom stereocenters. The van der Waals surface area contributed by atoms with E-state index in [-0.39, 0.29) is 5.69 Å². The summed E-state index contributed by atoms with van der Waals surface area (Å²) in [5.41, 5.74) is 5.55. The van der Waals surface area contributed by atoms with Crippen LogP contribution >= 0.6 is 0 Å². The van der Waals surface area contributed by atoms with E-state index in [9.17, 15) is 30.3 Å². The second-order valence-electron chi connectivity index (χ2n) is 3.45. The molecule has 1 N–H and O–H groups in total. The Hall–Kier alpha value is -3.24. The largest absolute Gasteiger partial charge is 0.590 e. The van der Waals surface area contributed by atoms with Crippen LogP contribution in [0.15, 0.2) is 35.8 Å². The molecule has 0 spiro atoms. The number of nitro benzene ring substituents is 1. The molecule has 1 rings (SSSR count). The monoisotopic (exact) mass is 282 g/mol. The van der Waals surface area contributed by atoms with Gasteiger partial charge in [0, 0.05) is 23.5 Å². The summed E-state index contributed by atoms with van der Waals surface area (Å²) < 4.78 is 0. The molecule has 1 aromatic carbocycles. The molecule has 0 heterocycles. The molecule has 106 valence electrons. The molecule has 11 nitrogen and oxygen atoms in total. The lowest BCUT2D eigenvalue weighted by molar-refractivity contribution is -0.617. The molecule has 0 radical (unpaired) electrons. The molecule has 0 atom stereocenters. The minimum Gasteiger partial charge on any atom is -0.590 e. The van der Waals surface area contributed by atoms with Crippen LogP contribution in [0.3, 0.4) is 0 Å². The van der Waals surface area contributed by atoms with Crippen molar-refractivity contribution >= 4 is 11.4 Å². The third-order valence-electron chi connectivity index (χ3n) is 2.10. The van der Waals surface area contributed by atoms with Gasteiger partial charge in [-0.05, 0) is 19.1 Å². The first kappa shape index (κ1) is 14.8. The Balaban J connectivity index is 2.80. The lowest BCUT2D eigenvalue weighted by Crippen LogP contribution is -2.12. The van der Waals surface area contributed by atoms with Gasteiger partial charge < -0.3 is 10.9 Å². The molecule has 0 amide bonds. The van der Waals surface area contributed by atoms with Crippen molar-refractivity contribution in [3.05, 3.63) is 71.6 Å². The van der Waals surface area contributed by atoms with Gasteiger partial charge in [-0.25, -0.2) is 0 Å². The lowest BCUT2D eigenvalue weighted by atomic mass is 10.3. The van der Waals surface area contributed by atoms with Crippen molar-refractivity contribution < 1.29 is 14.8 Å². The highest BCUT2D eigenvalue weighted by Gasteiger charge is 2.24. The molecular weight excluding hydrogens is 274 g/mol. The normalized spacial score (nSPS) is 9.45. The number of hydrogen-bond donors (Lipinski definition) is 1. The van der Waals surface area contributed by atoms with Crippen LogP contribution in [0.5, 0.6) is 0 Å². The van der Waals surface area contributed by atoms with Crippen molar-refractivity contribution in [2.75, 3.05) is 5.43 Å². The molecule has 0 aliphatic heterocycles. The Labute approximate surface area is 111 Å². The summed E-state index contributed by atoms with van der Waals surface area (Å²) in [6.45, 7) is 1.10. The average molecular weight is 282 g/mol. The van der Waals surface area contributed by atoms with Crippen molar-refractivity contribution in [2.24, 2.45) is 0 Å². The standard InChI is InChI=1S/C9H8N5O6/c1-6(9(13(17)18)14(19)20)10-11-7-2-4-8(5-3-7)12(15)16/h2-5,11H,1H3/q-1. The number of benzene rings is 1. The van der Waals surface area contributed by atoms with Gasteiger partial charge in [0.2, 0.25) is 0 Å². The number of nitrogens with zero attached hydrogens (tertiary/aromatic N) is 4. The number of allylic oxidation sites excluding steroid dienone is 1. The Morgan fingerprint density at radius 3 is 1.95 bits per heavy atom. The summed E-state index contributed by atoms with van der Waals surface area (Å²) >= 11 is 0. The maximum Gasteiger partial charge on any atom is 0.540 e. The van der Waals surface area contributed by atoms with Crippen LogP contribution in [0.2, 0.25) is 0 Å². The van der Waals surface area contributed by atoms with E-state index in [2.05, 4.69) is 10.9 Å². The Morgan fingerprint density at radius 1 is 1.05 bits per heavy atom. The fraction of sp³-hybridized carbons (Fsp3) is 0.111. The van der Waals surface area contributed by atoms with Gasteiger partial charge in [-0.1, -0.05) is 0 Å². The minimum atomic E-state index is -1.25. The Bertz CT molecular complexity index is 565. The van der Waals surface area contributed by atoms with Gasteiger partial charge in [0.25, 0.3) is 5.69 Å². The topological polar surface area (TPSA) is 156 Å². The third kappa shape index (κ3) is 3.63. The molecule has 0 aliphatic rings. The Kier molecular flexibility index (Phi) is 4.51. The van der Waals surface area contributed by atoms with E-state index in [1.54, 1.807) is 0 Å². The number of anilines is 1. The molecule has 0 saturated carbocycles. The van der Waals surface area contributed by atoms with Crippen LogP contribution in [-0.2, 0) is 0 Å².